The summed E-state index contributed by atoms with van der Waals surface area (Å²) in [5, 5.41) is 17.9. The van der Waals surface area contributed by atoms with Crippen LogP contribution in [0.25, 0.3) is 5.69 Å². The second-order valence-electron chi connectivity index (χ2n) is 6.54. The van der Waals surface area contributed by atoms with Gasteiger partial charge in [0.2, 0.25) is 0 Å². The van der Waals surface area contributed by atoms with Gasteiger partial charge in [0.25, 0.3) is 11.6 Å². The first-order chi connectivity index (χ1) is 14.5. The highest BCUT2D eigenvalue weighted by Gasteiger charge is 2.23. The van der Waals surface area contributed by atoms with E-state index in [0.717, 1.165) is 5.56 Å². The van der Waals surface area contributed by atoms with Crippen LogP contribution in [0.15, 0.2) is 60.8 Å². The van der Waals surface area contributed by atoms with E-state index in [1.54, 1.807) is 30.5 Å². The topological polar surface area (TPSA) is 120 Å². The summed E-state index contributed by atoms with van der Waals surface area (Å²) in [5.41, 5.74) is 2.13. The number of carbonyl (C=O) groups is 2. The van der Waals surface area contributed by atoms with Crippen LogP contribution in [0.5, 0.6) is 0 Å². The van der Waals surface area contributed by atoms with Crippen molar-refractivity contribution in [3.63, 3.8) is 0 Å². The summed E-state index contributed by atoms with van der Waals surface area (Å²) in [6.45, 7) is 1.09. The molecule has 1 fully saturated rings. The van der Waals surface area contributed by atoms with Crippen molar-refractivity contribution >= 4 is 23.4 Å². The molecule has 2 aromatic carbocycles. The normalized spacial score (nSPS) is 13.2. The zero-order chi connectivity index (χ0) is 21.1. The molecule has 1 aromatic heterocycles. The number of aromatic nitrogens is 2. The first kappa shape index (κ1) is 19.1. The largest absolute Gasteiger partial charge is 0.447 e. The van der Waals surface area contributed by atoms with Gasteiger partial charge in [-0.05, 0) is 29.8 Å². The quantitative estimate of drug-likeness (QED) is 0.496. The van der Waals surface area contributed by atoms with Gasteiger partial charge in [-0.15, -0.1) is 0 Å². The van der Waals surface area contributed by atoms with Crippen LogP contribution in [0.3, 0.4) is 0 Å². The number of ether oxygens (including phenoxy) is 1. The first-order valence-electron chi connectivity index (χ1n) is 9.13. The van der Waals surface area contributed by atoms with Gasteiger partial charge in [-0.25, -0.2) is 9.48 Å². The predicted molar refractivity (Wildman–Crippen MR) is 107 cm³/mol. The fourth-order valence-electron chi connectivity index (χ4n) is 3.07. The lowest BCUT2D eigenvalue weighted by Crippen LogP contribution is -2.25. The lowest BCUT2D eigenvalue weighted by Gasteiger charge is -2.14. The summed E-state index contributed by atoms with van der Waals surface area (Å²) in [7, 11) is 0. The molecule has 152 valence electrons. The summed E-state index contributed by atoms with van der Waals surface area (Å²) in [6, 6.07) is 14.8. The monoisotopic (exact) mass is 407 g/mol. The number of rotatable bonds is 6. The molecule has 30 heavy (non-hydrogen) atoms. The Hall–Kier alpha value is -4.21. The number of hydrogen-bond donors (Lipinski definition) is 1. The molecular formula is C20H17N5O5. The minimum atomic E-state index is -0.490. The molecule has 0 aliphatic carbocycles. The average molecular weight is 407 g/mol. The van der Waals surface area contributed by atoms with Crippen molar-refractivity contribution in [3.8, 4) is 5.69 Å². The van der Waals surface area contributed by atoms with Crippen LogP contribution in [0, 0.1) is 10.1 Å². The van der Waals surface area contributed by atoms with E-state index in [-0.39, 0.29) is 29.9 Å². The van der Waals surface area contributed by atoms with Gasteiger partial charge < -0.3 is 10.1 Å². The molecule has 1 saturated heterocycles. The highest BCUT2D eigenvalue weighted by atomic mass is 16.6. The number of nitro groups is 1. The van der Waals surface area contributed by atoms with Gasteiger partial charge in [0.1, 0.15) is 6.61 Å². The Labute approximate surface area is 170 Å². The van der Waals surface area contributed by atoms with Gasteiger partial charge in [0.15, 0.2) is 5.69 Å². The van der Waals surface area contributed by atoms with Crippen molar-refractivity contribution in [2.75, 3.05) is 18.1 Å². The van der Waals surface area contributed by atoms with Gasteiger partial charge in [-0.2, -0.15) is 5.10 Å². The van der Waals surface area contributed by atoms with E-state index in [1.165, 1.54) is 27.8 Å². The zero-order valence-electron chi connectivity index (χ0n) is 15.7. The maximum Gasteiger partial charge on any atom is 0.414 e. The van der Waals surface area contributed by atoms with Crippen LogP contribution in [0.1, 0.15) is 16.1 Å². The molecule has 0 bridgehead atoms. The molecule has 1 N–H and O–H groups in total. The Balaban J connectivity index is 1.42. The standard InChI is InChI=1S/C20H17N5O5/c26-19(18-7-8-24(22-18)16-5-2-6-17(12-16)25(28)29)21-13-14-3-1-4-15(11-14)23-9-10-30-20(23)27/h1-8,11-12H,9-10,13H2,(H,21,26). The Kier molecular flexibility index (Phi) is 5.12. The summed E-state index contributed by atoms with van der Waals surface area (Å²) in [5.74, 6) is -0.384. The second-order valence-corrected chi connectivity index (χ2v) is 6.54. The van der Waals surface area contributed by atoms with Crippen LogP contribution in [-0.2, 0) is 11.3 Å². The number of nitrogens with zero attached hydrogens (tertiary/aromatic N) is 4. The second kappa shape index (κ2) is 8.03. The van der Waals surface area contributed by atoms with Gasteiger partial charge in [-0.3, -0.25) is 19.8 Å². The smallest absolute Gasteiger partial charge is 0.414 e. The SMILES string of the molecule is O=C(NCc1cccc(N2CCOC2=O)c1)c1ccn(-c2cccc([N+](=O)[O-])c2)n1. The third-order valence-electron chi connectivity index (χ3n) is 4.56. The number of cyclic esters (lactones) is 1. The Morgan fingerprint density at radius 2 is 1.97 bits per heavy atom. The lowest BCUT2D eigenvalue weighted by molar-refractivity contribution is -0.384. The van der Waals surface area contributed by atoms with Gasteiger partial charge in [0.05, 0.1) is 17.2 Å². The van der Waals surface area contributed by atoms with Crippen molar-refractivity contribution in [2.45, 2.75) is 6.54 Å². The molecule has 0 atom stereocenters. The average Bonchev–Trinajstić information content (AvgIpc) is 3.42. The maximum absolute atomic E-state index is 12.5. The molecule has 0 spiro atoms. The highest BCUT2D eigenvalue weighted by molar-refractivity contribution is 5.92. The van der Waals surface area contributed by atoms with E-state index in [2.05, 4.69) is 10.4 Å². The molecule has 1 aliphatic heterocycles. The lowest BCUT2D eigenvalue weighted by atomic mass is 10.2. The van der Waals surface area contributed by atoms with Crippen molar-refractivity contribution < 1.29 is 19.2 Å². The van der Waals surface area contributed by atoms with E-state index in [9.17, 15) is 19.7 Å². The molecule has 1 aliphatic rings. The maximum atomic E-state index is 12.5. The number of carbonyl (C=O) groups excluding carboxylic acids is 2. The number of hydrogen-bond acceptors (Lipinski definition) is 6. The first-order valence-corrected chi connectivity index (χ1v) is 9.13. The molecule has 2 heterocycles. The van der Waals surface area contributed by atoms with Gasteiger partial charge in [-0.1, -0.05) is 18.2 Å². The van der Waals surface area contributed by atoms with Gasteiger partial charge in [0, 0.05) is 30.6 Å². The van der Waals surface area contributed by atoms with Crippen molar-refractivity contribution in [1.29, 1.82) is 0 Å². The van der Waals surface area contributed by atoms with E-state index >= 15 is 0 Å². The summed E-state index contributed by atoms with van der Waals surface area (Å²) in [6.07, 6.45) is 1.18. The zero-order valence-corrected chi connectivity index (χ0v) is 15.7. The number of non-ortho nitro benzene ring substituents is 1. The molecule has 10 nitrogen and oxygen atoms in total. The number of amides is 2. The fourth-order valence-corrected chi connectivity index (χ4v) is 3.07. The van der Waals surface area contributed by atoms with Crippen molar-refractivity contribution in [2.24, 2.45) is 0 Å². The minimum absolute atomic E-state index is 0.0595. The fraction of sp³-hybridized carbons (Fsp3) is 0.150. The third kappa shape index (κ3) is 3.97. The molecule has 2 amide bonds. The summed E-state index contributed by atoms with van der Waals surface area (Å²) >= 11 is 0. The van der Waals surface area contributed by atoms with Crippen LogP contribution < -0.4 is 10.2 Å². The third-order valence-corrected chi connectivity index (χ3v) is 4.56. The summed E-state index contributed by atoms with van der Waals surface area (Å²) in [4.78, 5) is 36.1. The Morgan fingerprint density at radius 1 is 1.17 bits per heavy atom. The van der Waals surface area contributed by atoms with Gasteiger partial charge >= 0.3 is 6.09 Å². The van der Waals surface area contributed by atoms with Crippen molar-refractivity contribution in [1.82, 2.24) is 15.1 Å². The van der Waals surface area contributed by atoms with Crippen LogP contribution in [0.2, 0.25) is 0 Å². The summed E-state index contributed by atoms with van der Waals surface area (Å²) < 4.78 is 6.35. The van der Waals surface area contributed by atoms with Crippen LogP contribution in [-0.4, -0.2) is 39.9 Å². The number of benzene rings is 2. The molecule has 0 unspecified atom stereocenters. The molecule has 0 saturated carbocycles. The molecule has 0 radical (unpaired) electrons. The highest BCUT2D eigenvalue weighted by Crippen LogP contribution is 2.20. The minimum Gasteiger partial charge on any atom is -0.447 e. The molecular weight excluding hydrogens is 390 g/mol. The number of nitro benzene ring substituents is 1. The Bertz CT molecular complexity index is 1130. The number of anilines is 1. The molecule has 4 rings (SSSR count). The van der Waals surface area contributed by atoms with E-state index < -0.39 is 4.92 Å². The molecule has 3 aromatic rings. The van der Waals surface area contributed by atoms with Crippen molar-refractivity contribution in [3.05, 3.63) is 82.2 Å². The van der Waals surface area contributed by atoms with E-state index in [1.807, 2.05) is 12.1 Å². The van der Waals surface area contributed by atoms with Crippen LogP contribution >= 0.6 is 0 Å². The van der Waals surface area contributed by atoms with E-state index in [4.69, 9.17) is 4.74 Å². The molecule has 10 heteroatoms. The predicted octanol–water partition coefficient (Wildman–Crippen LogP) is 2.67. The van der Waals surface area contributed by atoms with E-state index in [0.29, 0.717) is 24.5 Å². The Morgan fingerprint density at radius 3 is 2.73 bits per heavy atom. The van der Waals surface area contributed by atoms with Crippen LogP contribution in [0.4, 0.5) is 16.2 Å². The number of nitrogens with one attached hydrogen (secondary N) is 1.